The van der Waals surface area contributed by atoms with E-state index < -0.39 is 5.63 Å². The van der Waals surface area contributed by atoms with Crippen molar-refractivity contribution >= 4 is 11.0 Å². The molecule has 1 radical (unpaired) electrons. The minimum Gasteiger partial charge on any atom is -0.496 e. The second-order valence-corrected chi connectivity index (χ2v) is 2.54. The van der Waals surface area contributed by atoms with Gasteiger partial charge in [-0.15, -0.1) is 0 Å². The zero-order chi connectivity index (χ0) is 9.26. The summed E-state index contributed by atoms with van der Waals surface area (Å²) in [5.41, 5.74) is 0.0794. The number of hydrogen-bond acceptors (Lipinski definition) is 3. The third-order valence-electron chi connectivity index (χ3n) is 1.74. The lowest BCUT2D eigenvalue weighted by atomic mass is 10.2. The Morgan fingerprint density at radius 2 is 2.38 bits per heavy atom. The molecule has 0 amide bonds. The number of methoxy groups -OCH3 is 1. The van der Waals surface area contributed by atoms with Crippen LogP contribution in [-0.2, 0) is 0 Å². The van der Waals surface area contributed by atoms with Gasteiger partial charge in [-0.2, -0.15) is 0 Å². The molecule has 0 unspecified atom stereocenters. The van der Waals surface area contributed by atoms with E-state index in [1.807, 2.05) is 0 Å². The van der Waals surface area contributed by atoms with E-state index >= 15 is 0 Å². The van der Waals surface area contributed by atoms with E-state index in [0.29, 0.717) is 16.7 Å². The van der Waals surface area contributed by atoms with Crippen molar-refractivity contribution in [3.8, 4) is 5.75 Å². The Morgan fingerprint density at radius 3 is 3.15 bits per heavy atom. The molecule has 1 heterocycles. The molecule has 13 heavy (non-hydrogen) atoms. The lowest BCUT2D eigenvalue weighted by Crippen LogP contribution is -1.98. The highest BCUT2D eigenvalue weighted by Gasteiger charge is 2.03. The van der Waals surface area contributed by atoms with Crippen molar-refractivity contribution in [2.45, 2.75) is 0 Å². The van der Waals surface area contributed by atoms with Gasteiger partial charge in [0.05, 0.1) is 18.6 Å². The molecule has 2 aromatic rings. The van der Waals surface area contributed by atoms with Crippen LogP contribution in [0.3, 0.4) is 0 Å². The van der Waals surface area contributed by atoms with E-state index in [0.717, 1.165) is 0 Å². The van der Waals surface area contributed by atoms with Gasteiger partial charge in [0.2, 0.25) is 0 Å². The van der Waals surface area contributed by atoms with Gasteiger partial charge in [0, 0.05) is 0 Å². The average molecular weight is 175 g/mol. The molecule has 0 saturated carbocycles. The lowest BCUT2D eigenvalue weighted by Gasteiger charge is -2.01. The molecule has 3 heteroatoms. The van der Waals surface area contributed by atoms with Crippen molar-refractivity contribution in [1.29, 1.82) is 0 Å². The molecular formula is C10H7O3. The van der Waals surface area contributed by atoms with Crippen LogP contribution in [0.15, 0.2) is 33.5 Å². The molecule has 0 atom stereocenters. The first kappa shape index (κ1) is 7.86. The summed E-state index contributed by atoms with van der Waals surface area (Å²) in [7, 11) is 1.51. The first-order chi connectivity index (χ1) is 6.31. The van der Waals surface area contributed by atoms with Crippen LogP contribution < -0.4 is 10.4 Å². The molecule has 0 aliphatic rings. The first-order valence-corrected chi connectivity index (χ1v) is 3.80. The molecule has 3 nitrogen and oxygen atoms in total. The molecule has 2 rings (SSSR count). The molecular weight excluding hydrogens is 168 g/mol. The number of ether oxygens (including phenoxy) is 1. The van der Waals surface area contributed by atoms with Crippen LogP contribution in [-0.4, -0.2) is 7.11 Å². The van der Waals surface area contributed by atoms with Gasteiger partial charge in [-0.3, -0.25) is 0 Å². The number of rotatable bonds is 1. The van der Waals surface area contributed by atoms with Gasteiger partial charge in [-0.05, 0) is 12.1 Å². The molecule has 1 aromatic carbocycles. The molecule has 0 aliphatic carbocycles. The zero-order valence-corrected chi connectivity index (χ0v) is 7.03. The van der Waals surface area contributed by atoms with Crippen LogP contribution in [0.25, 0.3) is 11.0 Å². The van der Waals surface area contributed by atoms with E-state index in [9.17, 15) is 4.79 Å². The molecule has 0 bridgehead atoms. The molecule has 0 fully saturated rings. The van der Waals surface area contributed by atoms with Gasteiger partial charge in [0.1, 0.15) is 11.3 Å². The van der Waals surface area contributed by atoms with Crippen molar-refractivity contribution in [2.75, 3.05) is 7.11 Å². The number of fused-ring (bicyclic) bond motifs is 1. The Balaban J connectivity index is 2.89. The highest BCUT2D eigenvalue weighted by molar-refractivity contribution is 5.82. The second-order valence-electron chi connectivity index (χ2n) is 2.54. The van der Waals surface area contributed by atoms with E-state index in [-0.39, 0.29) is 0 Å². The highest BCUT2D eigenvalue weighted by Crippen LogP contribution is 2.21. The van der Waals surface area contributed by atoms with E-state index in [1.165, 1.54) is 13.2 Å². The maximum Gasteiger partial charge on any atom is 0.339 e. The van der Waals surface area contributed by atoms with E-state index in [4.69, 9.17) is 9.15 Å². The fraction of sp³-hybridized carbons (Fsp3) is 0.100. The van der Waals surface area contributed by atoms with Crippen LogP contribution >= 0.6 is 0 Å². The monoisotopic (exact) mass is 175 g/mol. The van der Waals surface area contributed by atoms with Crippen LogP contribution in [0, 0.1) is 6.07 Å². The van der Waals surface area contributed by atoms with Crippen LogP contribution in [0.5, 0.6) is 5.75 Å². The summed E-state index contributed by atoms with van der Waals surface area (Å²) in [6, 6.07) is 9.44. The maximum atomic E-state index is 11.0. The molecule has 0 saturated heterocycles. The Morgan fingerprint density at radius 1 is 1.54 bits per heavy atom. The lowest BCUT2D eigenvalue weighted by molar-refractivity contribution is 0.413. The van der Waals surface area contributed by atoms with Crippen molar-refractivity contribution in [2.24, 2.45) is 0 Å². The Hall–Kier alpha value is -1.77. The summed E-state index contributed by atoms with van der Waals surface area (Å²) in [6.45, 7) is 0. The highest BCUT2D eigenvalue weighted by atomic mass is 16.5. The average Bonchev–Trinajstić information content (AvgIpc) is 2.16. The largest absolute Gasteiger partial charge is 0.496 e. The zero-order valence-electron chi connectivity index (χ0n) is 7.03. The van der Waals surface area contributed by atoms with Gasteiger partial charge in [0.25, 0.3) is 0 Å². The van der Waals surface area contributed by atoms with Gasteiger partial charge in [0.15, 0.2) is 0 Å². The van der Waals surface area contributed by atoms with Crippen molar-refractivity contribution in [3.63, 3.8) is 0 Å². The topological polar surface area (TPSA) is 39.4 Å². The smallest absolute Gasteiger partial charge is 0.339 e. The quantitative estimate of drug-likeness (QED) is 0.618. The van der Waals surface area contributed by atoms with Gasteiger partial charge < -0.3 is 9.15 Å². The van der Waals surface area contributed by atoms with Gasteiger partial charge in [-0.1, -0.05) is 12.1 Å². The molecule has 1 aromatic heterocycles. The summed E-state index contributed by atoms with van der Waals surface area (Å²) in [4.78, 5) is 11.0. The normalized spacial score (nSPS) is 10.2. The number of hydrogen-bond donors (Lipinski definition) is 0. The minimum absolute atomic E-state index is 0.413. The maximum absolute atomic E-state index is 11.0. The fourth-order valence-electron chi connectivity index (χ4n) is 1.18. The molecule has 0 N–H and O–H groups in total. The summed E-state index contributed by atoms with van der Waals surface area (Å²) in [5, 5.41) is 0.685. The molecule has 65 valence electrons. The standard InChI is InChI=1S/C10H7O3/c1-12-9-6-10(11)13-8-5-3-2-4-7(8)9/h2-3,5-6H,1H3. The van der Waals surface area contributed by atoms with Gasteiger partial charge >= 0.3 is 5.63 Å². The molecule has 0 spiro atoms. The first-order valence-electron chi connectivity index (χ1n) is 3.80. The Labute approximate surface area is 74.6 Å². The van der Waals surface area contributed by atoms with E-state index in [2.05, 4.69) is 6.07 Å². The third-order valence-corrected chi connectivity index (χ3v) is 1.74. The third kappa shape index (κ3) is 1.28. The number of benzene rings is 1. The van der Waals surface area contributed by atoms with Crippen molar-refractivity contribution in [3.05, 3.63) is 40.8 Å². The fourth-order valence-corrected chi connectivity index (χ4v) is 1.18. The van der Waals surface area contributed by atoms with Crippen molar-refractivity contribution in [1.82, 2.24) is 0 Å². The predicted molar refractivity (Wildman–Crippen MR) is 47.9 cm³/mol. The Bertz CT molecular complexity index is 485. The summed E-state index contributed by atoms with van der Waals surface area (Å²) < 4.78 is 9.95. The van der Waals surface area contributed by atoms with Crippen LogP contribution in [0.2, 0.25) is 0 Å². The summed E-state index contributed by atoms with van der Waals surface area (Å²) >= 11 is 0. The summed E-state index contributed by atoms with van der Waals surface area (Å²) in [5.74, 6) is 0.492. The van der Waals surface area contributed by atoms with Crippen LogP contribution in [0.4, 0.5) is 0 Å². The SMILES string of the molecule is COc1cc(=O)oc2ccc[c]c12. The predicted octanol–water partition coefficient (Wildman–Crippen LogP) is 1.60. The minimum atomic E-state index is -0.413. The van der Waals surface area contributed by atoms with Gasteiger partial charge in [-0.25, -0.2) is 4.79 Å². The Kier molecular flexibility index (Phi) is 1.77. The van der Waals surface area contributed by atoms with E-state index in [1.54, 1.807) is 18.2 Å². The van der Waals surface area contributed by atoms with Crippen molar-refractivity contribution < 1.29 is 9.15 Å². The molecule has 0 aliphatic heterocycles. The second kappa shape index (κ2) is 2.94. The summed E-state index contributed by atoms with van der Waals surface area (Å²) in [6.07, 6.45) is 0. The van der Waals surface area contributed by atoms with Crippen LogP contribution in [0.1, 0.15) is 0 Å².